The first kappa shape index (κ1) is 16.1. The molecule has 6 heteroatoms. The molecule has 1 aromatic carbocycles. The topological polar surface area (TPSA) is 33.2 Å². The molecule has 0 bridgehead atoms. The van der Waals surface area contributed by atoms with E-state index in [2.05, 4.69) is 20.9 Å². The van der Waals surface area contributed by atoms with Crippen molar-refractivity contribution in [1.82, 2.24) is 4.98 Å². The number of benzene rings is 1. The molecule has 0 unspecified atom stereocenters. The molecule has 116 valence electrons. The second kappa shape index (κ2) is 7.21. The second-order valence-electron chi connectivity index (χ2n) is 4.76. The first-order chi connectivity index (χ1) is 11.1. The Bertz CT molecular complexity index is 839. The van der Waals surface area contributed by atoms with Gasteiger partial charge in [-0.05, 0) is 53.2 Å². The summed E-state index contributed by atoms with van der Waals surface area (Å²) in [4.78, 5) is 19.8. The van der Waals surface area contributed by atoms with Crippen molar-refractivity contribution >= 4 is 61.4 Å². The summed E-state index contributed by atoms with van der Waals surface area (Å²) >= 11 is 6.47. The highest BCUT2D eigenvalue weighted by atomic mass is 79.9. The van der Waals surface area contributed by atoms with Crippen LogP contribution in [0.2, 0.25) is 0 Å². The maximum atomic E-state index is 12.7. The molecule has 3 aromatic rings. The molecule has 2 aromatic heterocycles. The normalized spacial score (nSPS) is 11.0. The zero-order valence-corrected chi connectivity index (χ0v) is 15.5. The van der Waals surface area contributed by atoms with Crippen molar-refractivity contribution in [3.05, 3.63) is 68.3 Å². The largest absolute Gasteiger partial charge is 0.269 e. The molecule has 3 rings (SSSR count). The molecule has 23 heavy (non-hydrogen) atoms. The van der Waals surface area contributed by atoms with Gasteiger partial charge in [-0.1, -0.05) is 18.2 Å². The number of hydrogen-bond acceptors (Lipinski definition) is 4. The predicted octanol–water partition coefficient (Wildman–Crippen LogP) is 5.65. The van der Waals surface area contributed by atoms with E-state index in [-0.39, 0.29) is 5.91 Å². The molecule has 0 spiro atoms. The fraction of sp³-hybridized carbons (Fsp3) is 0.0588. The van der Waals surface area contributed by atoms with Crippen molar-refractivity contribution in [3.8, 4) is 0 Å². The number of carbonyl (C=O) groups is 1. The van der Waals surface area contributed by atoms with Crippen LogP contribution in [0.5, 0.6) is 0 Å². The van der Waals surface area contributed by atoms with Crippen LogP contribution in [0.25, 0.3) is 6.08 Å². The van der Waals surface area contributed by atoms with Crippen LogP contribution in [-0.2, 0) is 4.79 Å². The Morgan fingerprint density at radius 3 is 2.61 bits per heavy atom. The minimum atomic E-state index is -0.116. The lowest BCUT2D eigenvalue weighted by Crippen LogP contribution is -2.23. The molecule has 0 aliphatic rings. The van der Waals surface area contributed by atoms with Crippen LogP contribution in [0.1, 0.15) is 10.6 Å². The van der Waals surface area contributed by atoms with Crippen molar-refractivity contribution in [3.63, 3.8) is 0 Å². The summed E-state index contributed by atoms with van der Waals surface area (Å²) in [7, 11) is 0. The van der Waals surface area contributed by atoms with Crippen LogP contribution in [0.3, 0.4) is 0 Å². The second-order valence-corrected chi connectivity index (χ2v) is 8.09. The van der Waals surface area contributed by atoms with Gasteiger partial charge in [-0.3, -0.25) is 9.69 Å². The van der Waals surface area contributed by atoms with Gasteiger partial charge >= 0.3 is 0 Å². The first-order valence-corrected chi connectivity index (χ1v) is 9.37. The van der Waals surface area contributed by atoms with Gasteiger partial charge in [0.05, 0.1) is 15.2 Å². The smallest absolute Gasteiger partial charge is 0.257 e. The van der Waals surface area contributed by atoms with Gasteiger partial charge in [0.1, 0.15) is 0 Å². The number of thiophene rings is 1. The Morgan fingerprint density at radius 2 is 2.00 bits per heavy atom. The monoisotopic (exact) mass is 404 g/mol. The van der Waals surface area contributed by atoms with Crippen LogP contribution >= 0.6 is 38.6 Å². The predicted molar refractivity (Wildman–Crippen MR) is 101 cm³/mol. The Labute approximate surface area is 151 Å². The number of aryl methyl sites for hydroxylation is 1. The van der Waals surface area contributed by atoms with Gasteiger partial charge in [0.25, 0.3) is 5.91 Å². The van der Waals surface area contributed by atoms with Crippen molar-refractivity contribution in [2.45, 2.75) is 6.92 Å². The third kappa shape index (κ3) is 3.96. The molecule has 1 amide bonds. The van der Waals surface area contributed by atoms with Gasteiger partial charge in [0.2, 0.25) is 0 Å². The standard InChI is InChI=1S/C17H13BrN2OS2/c1-12-11-22-17(19-12)20(13-5-3-2-4-6-13)16(21)10-8-14-7-9-15(18)23-14/h2-11H,1H3/b10-8+. The minimum absolute atomic E-state index is 0.116. The van der Waals surface area contributed by atoms with E-state index in [1.54, 1.807) is 22.3 Å². The van der Waals surface area contributed by atoms with Crippen molar-refractivity contribution in [2.24, 2.45) is 0 Å². The Morgan fingerprint density at radius 1 is 1.22 bits per heavy atom. The lowest BCUT2D eigenvalue weighted by Gasteiger charge is -2.18. The molecule has 0 fully saturated rings. The Hall–Kier alpha value is -1.76. The van der Waals surface area contributed by atoms with Crippen LogP contribution in [0.15, 0.2) is 57.7 Å². The van der Waals surface area contributed by atoms with Crippen molar-refractivity contribution in [2.75, 3.05) is 4.90 Å². The molecule has 0 saturated carbocycles. The van der Waals surface area contributed by atoms with Crippen LogP contribution in [0, 0.1) is 6.92 Å². The summed E-state index contributed by atoms with van der Waals surface area (Å²) in [5.41, 5.74) is 1.72. The van der Waals surface area contributed by atoms with E-state index < -0.39 is 0 Å². The lowest BCUT2D eigenvalue weighted by molar-refractivity contribution is -0.113. The van der Waals surface area contributed by atoms with E-state index in [1.807, 2.05) is 60.8 Å². The number of anilines is 2. The quantitative estimate of drug-likeness (QED) is 0.526. The van der Waals surface area contributed by atoms with Gasteiger partial charge in [-0.15, -0.1) is 22.7 Å². The first-order valence-electron chi connectivity index (χ1n) is 6.88. The number of rotatable bonds is 4. The highest BCUT2D eigenvalue weighted by Crippen LogP contribution is 2.29. The Balaban J connectivity index is 1.92. The maximum absolute atomic E-state index is 12.7. The van der Waals surface area contributed by atoms with Gasteiger partial charge in [0, 0.05) is 16.3 Å². The van der Waals surface area contributed by atoms with Gasteiger partial charge in [-0.2, -0.15) is 0 Å². The van der Waals surface area contributed by atoms with E-state index in [0.717, 1.165) is 20.0 Å². The molecular weight excluding hydrogens is 392 g/mol. The molecule has 0 aliphatic carbocycles. The summed E-state index contributed by atoms with van der Waals surface area (Å²) < 4.78 is 1.04. The van der Waals surface area contributed by atoms with Crippen molar-refractivity contribution < 1.29 is 4.79 Å². The van der Waals surface area contributed by atoms with Gasteiger partial charge in [-0.25, -0.2) is 4.98 Å². The van der Waals surface area contributed by atoms with Gasteiger partial charge < -0.3 is 0 Å². The highest BCUT2D eigenvalue weighted by Gasteiger charge is 2.18. The van der Waals surface area contributed by atoms with Gasteiger partial charge in [0.15, 0.2) is 5.13 Å². The number of hydrogen-bond donors (Lipinski definition) is 0. The summed E-state index contributed by atoms with van der Waals surface area (Å²) in [6.45, 7) is 1.92. The third-order valence-electron chi connectivity index (χ3n) is 3.02. The minimum Gasteiger partial charge on any atom is -0.269 e. The average Bonchev–Trinajstić information content (AvgIpc) is 3.15. The van der Waals surface area contributed by atoms with Crippen LogP contribution in [0.4, 0.5) is 10.8 Å². The molecule has 0 saturated heterocycles. The molecule has 0 N–H and O–H groups in total. The average molecular weight is 405 g/mol. The summed E-state index contributed by atoms with van der Waals surface area (Å²) in [5.74, 6) is -0.116. The number of thiazole rings is 1. The summed E-state index contributed by atoms with van der Waals surface area (Å²) in [6.07, 6.45) is 3.41. The number of para-hydroxylation sites is 1. The SMILES string of the molecule is Cc1csc(N(C(=O)/C=C/c2ccc(Br)s2)c2ccccc2)n1. The van der Waals surface area contributed by atoms with E-state index in [0.29, 0.717) is 5.13 Å². The zero-order valence-electron chi connectivity index (χ0n) is 12.3. The maximum Gasteiger partial charge on any atom is 0.257 e. The van der Waals surface area contributed by atoms with E-state index in [1.165, 1.54) is 11.3 Å². The highest BCUT2D eigenvalue weighted by molar-refractivity contribution is 9.11. The fourth-order valence-corrected chi connectivity index (χ4v) is 4.15. The molecular formula is C17H13BrN2OS2. The van der Waals surface area contributed by atoms with Crippen LogP contribution in [-0.4, -0.2) is 10.9 Å². The van der Waals surface area contributed by atoms with E-state index >= 15 is 0 Å². The fourth-order valence-electron chi connectivity index (χ4n) is 2.00. The molecule has 3 nitrogen and oxygen atoms in total. The summed E-state index contributed by atoms with van der Waals surface area (Å²) in [5, 5.41) is 2.62. The van der Waals surface area contributed by atoms with Crippen molar-refractivity contribution in [1.29, 1.82) is 0 Å². The molecule has 0 aliphatic heterocycles. The summed E-state index contributed by atoms with van der Waals surface area (Å²) in [6, 6.07) is 13.5. The zero-order chi connectivity index (χ0) is 16.2. The lowest BCUT2D eigenvalue weighted by atomic mass is 10.3. The number of amides is 1. The number of aromatic nitrogens is 1. The molecule has 0 atom stereocenters. The van der Waals surface area contributed by atoms with Crippen LogP contribution < -0.4 is 4.90 Å². The van der Waals surface area contributed by atoms with E-state index in [4.69, 9.17) is 0 Å². The number of carbonyl (C=O) groups excluding carboxylic acids is 1. The van der Waals surface area contributed by atoms with E-state index in [9.17, 15) is 4.79 Å². The number of nitrogens with zero attached hydrogens (tertiary/aromatic N) is 2. The third-order valence-corrected chi connectivity index (χ3v) is 5.55. The molecule has 2 heterocycles. The number of halogens is 1. The Kier molecular flexibility index (Phi) is 5.05. The molecule has 0 radical (unpaired) electrons.